The molecule has 0 radical (unpaired) electrons. The van der Waals surface area contributed by atoms with Gasteiger partial charge in [0, 0.05) is 41.4 Å². The van der Waals surface area contributed by atoms with Gasteiger partial charge in [-0.05, 0) is 64.2 Å². The molecule has 110 valence electrons. The van der Waals surface area contributed by atoms with E-state index in [1.807, 2.05) is 6.07 Å². The minimum Gasteiger partial charge on any atom is -0.506 e. The fourth-order valence-electron chi connectivity index (χ4n) is 2.17. The first-order chi connectivity index (χ1) is 8.09. The molecule has 1 aliphatic heterocycles. The Morgan fingerprint density at radius 3 is 2.37 bits per heavy atom. The van der Waals surface area contributed by atoms with Gasteiger partial charge in [0.05, 0.1) is 3.57 Å². The van der Waals surface area contributed by atoms with Crippen molar-refractivity contribution in [3.63, 3.8) is 0 Å². The van der Waals surface area contributed by atoms with E-state index in [9.17, 15) is 5.11 Å². The van der Waals surface area contributed by atoms with Gasteiger partial charge in [-0.25, -0.2) is 0 Å². The molecule has 3 nitrogen and oxygen atoms in total. The van der Waals surface area contributed by atoms with Gasteiger partial charge >= 0.3 is 0 Å². The molecule has 1 aromatic carbocycles. The van der Waals surface area contributed by atoms with Gasteiger partial charge in [0.15, 0.2) is 0 Å². The van der Waals surface area contributed by atoms with Crippen LogP contribution in [0.4, 0.5) is 0 Å². The molecular formula is C12H18Cl2I2N2O. The molecule has 1 saturated heterocycles. The van der Waals surface area contributed by atoms with Crippen molar-refractivity contribution in [1.82, 2.24) is 10.2 Å². The number of nitrogens with zero attached hydrogens (tertiary/aromatic N) is 1. The van der Waals surface area contributed by atoms with Crippen LogP contribution >= 0.6 is 70.0 Å². The maximum Gasteiger partial charge on any atom is 0.133 e. The summed E-state index contributed by atoms with van der Waals surface area (Å²) in [5.41, 5.74) is 1.04. The van der Waals surface area contributed by atoms with Gasteiger partial charge in [0.25, 0.3) is 0 Å². The lowest BCUT2D eigenvalue weighted by Crippen LogP contribution is -2.44. The second-order valence-corrected chi connectivity index (χ2v) is 6.70. The molecular weight excluding hydrogens is 513 g/mol. The van der Waals surface area contributed by atoms with E-state index < -0.39 is 0 Å². The summed E-state index contributed by atoms with van der Waals surface area (Å²) < 4.78 is 2.12. The molecule has 0 unspecified atom stereocenters. The van der Waals surface area contributed by atoms with E-state index in [-0.39, 0.29) is 30.9 Å². The molecule has 1 fully saturated rings. The summed E-state index contributed by atoms with van der Waals surface area (Å²) in [5.74, 6) is 0.442. The molecule has 19 heavy (non-hydrogen) atoms. The Balaban J connectivity index is 0.00000162. The first kappa shape index (κ1) is 20.0. The number of hydrogen-bond acceptors (Lipinski definition) is 3. The molecule has 7 heteroatoms. The zero-order chi connectivity index (χ0) is 12.4. The quantitative estimate of drug-likeness (QED) is 0.575. The van der Waals surface area contributed by atoms with Crippen LogP contribution < -0.4 is 5.32 Å². The van der Waals surface area contributed by atoms with Gasteiger partial charge in [-0.2, -0.15) is 0 Å². The van der Waals surface area contributed by atoms with Crippen molar-refractivity contribution in [2.24, 2.45) is 0 Å². The average Bonchev–Trinajstić information content (AvgIpc) is 2.34. The van der Waals surface area contributed by atoms with Crippen LogP contribution in [0.5, 0.6) is 5.75 Å². The molecule has 1 atom stereocenters. The van der Waals surface area contributed by atoms with Crippen molar-refractivity contribution in [3.8, 4) is 5.75 Å². The van der Waals surface area contributed by atoms with Gasteiger partial charge in [-0.3, -0.25) is 4.90 Å². The van der Waals surface area contributed by atoms with Crippen molar-refractivity contribution < 1.29 is 5.11 Å². The van der Waals surface area contributed by atoms with Gasteiger partial charge in [0.2, 0.25) is 0 Å². The summed E-state index contributed by atoms with van der Waals surface area (Å²) in [4.78, 5) is 2.41. The highest BCUT2D eigenvalue weighted by molar-refractivity contribution is 14.1. The molecule has 0 bridgehead atoms. The number of nitrogens with one attached hydrogen (secondary N) is 1. The Morgan fingerprint density at radius 1 is 1.21 bits per heavy atom. The summed E-state index contributed by atoms with van der Waals surface area (Å²) >= 11 is 4.50. The van der Waals surface area contributed by atoms with E-state index >= 15 is 0 Å². The molecule has 2 rings (SSSR count). The van der Waals surface area contributed by atoms with Crippen LogP contribution in [0.25, 0.3) is 0 Å². The Kier molecular flexibility index (Phi) is 9.56. The largest absolute Gasteiger partial charge is 0.506 e. The third-order valence-electron chi connectivity index (χ3n) is 3.21. The second-order valence-electron chi connectivity index (χ2n) is 4.29. The van der Waals surface area contributed by atoms with Crippen LogP contribution in [0, 0.1) is 7.14 Å². The molecule has 0 aliphatic carbocycles. The van der Waals surface area contributed by atoms with Crippen LogP contribution in [0.15, 0.2) is 12.1 Å². The van der Waals surface area contributed by atoms with E-state index in [1.54, 1.807) is 0 Å². The van der Waals surface area contributed by atoms with Crippen LogP contribution in [0.2, 0.25) is 0 Å². The number of hydrogen-bond donors (Lipinski definition) is 2. The van der Waals surface area contributed by atoms with E-state index in [0.717, 1.165) is 35.3 Å². The first-order valence-electron chi connectivity index (χ1n) is 5.72. The fraction of sp³-hybridized carbons (Fsp3) is 0.500. The molecule has 0 spiro atoms. The Hall–Kier alpha value is 0.980. The van der Waals surface area contributed by atoms with Crippen LogP contribution in [-0.2, 0) is 0 Å². The zero-order valence-corrected chi connectivity index (χ0v) is 16.5. The maximum atomic E-state index is 10.2. The highest BCUT2D eigenvalue weighted by atomic mass is 127. The number of phenols is 1. The minimum atomic E-state index is 0. The lowest BCUT2D eigenvalue weighted by Gasteiger charge is -2.33. The minimum absolute atomic E-state index is 0. The number of benzene rings is 1. The first-order valence-corrected chi connectivity index (χ1v) is 7.88. The molecule has 0 aromatic heterocycles. The average molecular weight is 531 g/mol. The lowest BCUT2D eigenvalue weighted by atomic mass is 10.1. The summed E-state index contributed by atoms with van der Waals surface area (Å²) in [7, 11) is 0. The summed E-state index contributed by atoms with van der Waals surface area (Å²) in [5, 5.41) is 13.5. The van der Waals surface area contributed by atoms with Crippen molar-refractivity contribution in [3.05, 3.63) is 24.8 Å². The standard InChI is InChI=1S/C12H16I2N2O.2ClH/c1-8(16-4-2-15-3-5-16)10-6-9(13)7-11(14)12(10)17;;/h6-8,15,17H,2-5H2,1H3;2*1H/t8-;;/m1../s1. The molecule has 1 aromatic rings. The number of aromatic hydroxyl groups is 1. The van der Waals surface area contributed by atoms with Gasteiger partial charge in [-0.1, -0.05) is 0 Å². The monoisotopic (exact) mass is 530 g/mol. The lowest BCUT2D eigenvalue weighted by molar-refractivity contribution is 0.183. The van der Waals surface area contributed by atoms with Gasteiger partial charge < -0.3 is 10.4 Å². The fourth-order valence-corrected chi connectivity index (χ4v) is 4.06. The Labute approximate surface area is 154 Å². The molecule has 0 amide bonds. The van der Waals surface area contributed by atoms with Gasteiger partial charge in [-0.15, -0.1) is 24.8 Å². The Bertz CT molecular complexity index is 415. The molecule has 1 heterocycles. The van der Waals surface area contributed by atoms with Crippen LogP contribution in [-0.4, -0.2) is 36.2 Å². The van der Waals surface area contributed by atoms with Crippen molar-refractivity contribution in [1.29, 1.82) is 0 Å². The number of piperazine rings is 1. The third kappa shape index (κ3) is 5.03. The summed E-state index contributed by atoms with van der Waals surface area (Å²) in [6.45, 7) is 6.33. The van der Waals surface area contributed by atoms with Gasteiger partial charge in [0.1, 0.15) is 5.75 Å². The SMILES string of the molecule is C[C@H](c1cc(I)cc(I)c1O)N1CCNCC1.Cl.Cl. The number of halogens is 4. The summed E-state index contributed by atoms with van der Waals surface area (Å²) in [6.07, 6.45) is 0. The highest BCUT2D eigenvalue weighted by Gasteiger charge is 2.21. The summed E-state index contributed by atoms with van der Waals surface area (Å²) in [6, 6.07) is 4.37. The van der Waals surface area contributed by atoms with Crippen LogP contribution in [0.1, 0.15) is 18.5 Å². The smallest absolute Gasteiger partial charge is 0.133 e. The van der Waals surface area contributed by atoms with E-state index in [1.165, 1.54) is 3.57 Å². The third-order valence-corrected chi connectivity index (χ3v) is 4.65. The number of rotatable bonds is 2. The predicted molar refractivity (Wildman–Crippen MR) is 101 cm³/mol. The van der Waals surface area contributed by atoms with E-state index in [2.05, 4.69) is 68.4 Å². The second kappa shape index (κ2) is 9.09. The number of phenolic OH excluding ortho intramolecular Hbond substituents is 1. The van der Waals surface area contributed by atoms with Crippen molar-refractivity contribution >= 4 is 70.0 Å². The van der Waals surface area contributed by atoms with Crippen molar-refractivity contribution in [2.45, 2.75) is 13.0 Å². The molecule has 1 aliphatic rings. The topological polar surface area (TPSA) is 35.5 Å². The van der Waals surface area contributed by atoms with Crippen LogP contribution in [0.3, 0.4) is 0 Å². The predicted octanol–water partition coefficient (Wildman–Crippen LogP) is 3.41. The Morgan fingerprint density at radius 2 is 1.79 bits per heavy atom. The maximum absolute atomic E-state index is 10.2. The molecule has 2 N–H and O–H groups in total. The normalized spacial score (nSPS) is 17.2. The zero-order valence-electron chi connectivity index (χ0n) is 10.5. The van der Waals surface area contributed by atoms with E-state index in [4.69, 9.17) is 0 Å². The van der Waals surface area contributed by atoms with Crippen molar-refractivity contribution in [2.75, 3.05) is 26.2 Å². The molecule has 0 saturated carbocycles. The highest BCUT2D eigenvalue weighted by Crippen LogP contribution is 2.33. The van der Waals surface area contributed by atoms with E-state index in [0.29, 0.717) is 5.75 Å².